The third-order valence-corrected chi connectivity index (χ3v) is 5.84. The van der Waals surface area contributed by atoms with Crippen molar-refractivity contribution >= 4 is 5.78 Å². The molecule has 0 spiro atoms. The van der Waals surface area contributed by atoms with Crippen molar-refractivity contribution in [2.24, 2.45) is 5.92 Å². The number of ketones is 1. The molecule has 1 atom stereocenters. The molecule has 0 radical (unpaired) electrons. The summed E-state index contributed by atoms with van der Waals surface area (Å²) in [5.41, 5.74) is 2.86. The van der Waals surface area contributed by atoms with Gasteiger partial charge in [0.05, 0.1) is 5.76 Å². The summed E-state index contributed by atoms with van der Waals surface area (Å²) in [6.07, 6.45) is 16.8. The molecule has 1 aliphatic heterocycles. The van der Waals surface area contributed by atoms with E-state index in [-0.39, 0.29) is 11.5 Å². The van der Waals surface area contributed by atoms with Crippen LogP contribution in [0.25, 0.3) is 0 Å². The molecule has 0 amide bonds. The molecule has 0 N–H and O–H groups in total. The Hall–Kier alpha value is -1.05. The summed E-state index contributed by atoms with van der Waals surface area (Å²) in [4.78, 5) is 11.7. The van der Waals surface area contributed by atoms with Crippen molar-refractivity contribution in [1.82, 2.24) is 0 Å². The summed E-state index contributed by atoms with van der Waals surface area (Å²) in [7, 11) is 0. The van der Waals surface area contributed by atoms with Gasteiger partial charge < -0.3 is 4.74 Å². The van der Waals surface area contributed by atoms with Crippen LogP contribution in [0.4, 0.5) is 0 Å². The number of Topliss-reactive ketones (excluding diaryl/α,β-unsaturated/α-hetero) is 1. The molecule has 0 aromatic heterocycles. The fourth-order valence-electron chi connectivity index (χ4n) is 4.53. The molecule has 1 heterocycles. The van der Waals surface area contributed by atoms with E-state index in [4.69, 9.17) is 4.74 Å². The number of ether oxygens (including phenoxy) is 1. The summed E-state index contributed by atoms with van der Waals surface area (Å²) in [5, 5.41) is 0. The van der Waals surface area contributed by atoms with Gasteiger partial charge in [-0.1, -0.05) is 37.7 Å². The second kappa shape index (κ2) is 10.3. The van der Waals surface area contributed by atoms with Gasteiger partial charge in [-0.3, -0.25) is 4.79 Å². The van der Waals surface area contributed by atoms with Crippen LogP contribution in [-0.2, 0) is 9.53 Å². The van der Waals surface area contributed by atoms with Gasteiger partial charge in [0.1, 0.15) is 11.4 Å². The first-order valence-corrected chi connectivity index (χ1v) is 10.9. The van der Waals surface area contributed by atoms with E-state index in [0.29, 0.717) is 5.78 Å². The maximum atomic E-state index is 11.7. The van der Waals surface area contributed by atoms with E-state index < -0.39 is 0 Å². The molecule has 0 aromatic carbocycles. The molecule has 2 nitrogen and oxygen atoms in total. The van der Waals surface area contributed by atoms with Gasteiger partial charge in [0.2, 0.25) is 0 Å². The molecule has 1 saturated carbocycles. The molecule has 26 heavy (non-hydrogen) atoms. The molecule has 0 saturated heterocycles. The van der Waals surface area contributed by atoms with Crippen molar-refractivity contribution in [2.75, 3.05) is 0 Å². The summed E-state index contributed by atoms with van der Waals surface area (Å²) in [6.45, 7) is 10.3. The third-order valence-electron chi connectivity index (χ3n) is 5.84. The molecular weight excluding hydrogens is 320 g/mol. The van der Waals surface area contributed by atoms with Crippen LogP contribution in [-0.4, -0.2) is 11.4 Å². The van der Waals surface area contributed by atoms with Crippen LogP contribution < -0.4 is 0 Å². The standard InChI is InChI=1S/2C12H20O/c1-12(2)9-10-7-5-3-4-6-8-11(10)13-12;1-10(2)9-11-7-5-3-4-6-8-12(11)13/h3-9H2,1-2H3;11H,1,3-9H2,2H3. The largest absolute Gasteiger partial charge is 0.492 e. The van der Waals surface area contributed by atoms with Crippen LogP contribution in [0.5, 0.6) is 0 Å². The zero-order chi connectivity index (χ0) is 19.0. The first-order valence-electron chi connectivity index (χ1n) is 10.9. The van der Waals surface area contributed by atoms with E-state index in [1.165, 1.54) is 70.0 Å². The zero-order valence-corrected chi connectivity index (χ0v) is 17.5. The monoisotopic (exact) mass is 360 g/mol. The van der Waals surface area contributed by atoms with Crippen LogP contribution in [0, 0.1) is 5.92 Å². The average molecular weight is 361 g/mol. The quantitative estimate of drug-likeness (QED) is 0.483. The second-order valence-electron chi connectivity index (χ2n) is 9.26. The van der Waals surface area contributed by atoms with Gasteiger partial charge in [0, 0.05) is 25.2 Å². The number of carbonyl (C=O) groups excluding carboxylic acids is 1. The van der Waals surface area contributed by atoms with Crippen molar-refractivity contribution < 1.29 is 9.53 Å². The molecule has 0 aromatic rings. The Morgan fingerprint density at radius 2 is 1.62 bits per heavy atom. The third kappa shape index (κ3) is 7.29. The normalized spacial score (nSPS) is 26.3. The van der Waals surface area contributed by atoms with Crippen molar-refractivity contribution in [3.63, 3.8) is 0 Å². The molecule has 148 valence electrons. The van der Waals surface area contributed by atoms with Crippen LogP contribution >= 0.6 is 0 Å². The highest BCUT2D eigenvalue weighted by molar-refractivity contribution is 5.81. The van der Waals surface area contributed by atoms with Crippen LogP contribution in [0.3, 0.4) is 0 Å². The minimum atomic E-state index is 0.0923. The number of rotatable bonds is 2. The number of hydrogen-bond donors (Lipinski definition) is 0. The predicted molar refractivity (Wildman–Crippen MR) is 110 cm³/mol. The molecule has 2 heteroatoms. The lowest BCUT2D eigenvalue weighted by molar-refractivity contribution is -0.123. The lowest BCUT2D eigenvalue weighted by Crippen LogP contribution is -2.17. The maximum absolute atomic E-state index is 11.7. The summed E-state index contributed by atoms with van der Waals surface area (Å²) < 4.78 is 5.97. The van der Waals surface area contributed by atoms with Gasteiger partial charge in [-0.05, 0) is 64.9 Å². The van der Waals surface area contributed by atoms with Crippen LogP contribution in [0.15, 0.2) is 23.5 Å². The van der Waals surface area contributed by atoms with Crippen molar-refractivity contribution in [3.05, 3.63) is 23.5 Å². The van der Waals surface area contributed by atoms with Crippen molar-refractivity contribution in [2.45, 2.75) is 116 Å². The Labute approximate surface area is 161 Å². The first-order chi connectivity index (χ1) is 12.4. The topological polar surface area (TPSA) is 26.3 Å². The van der Waals surface area contributed by atoms with Crippen LogP contribution in [0.2, 0.25) is 0 Å². The SMILES string of the molecule is C=C(C)CC1CCCCCCC1=O.CC1(C)CC2=C(CCCCCC2)O1. The Morgan fingerprint density at radius 1 is 1.00 bits per heavy atom. The summed E-state index contributed by atoms with van der Waals surface area (Å²) >= 11 is 0. The van der Waals surface area contributed by atoms with E-state index in [0.717, 1.165) is 31.3 Å². The first kappa shape index (κ1) is 21.3. The Bertz CT molecular complexity index is 490. The average Bonchev–Trinajstić information content (AvgIpc) is 2.81. The fraction of sp³-hybridized carbons (Fsp3) is 0.792. The summed E-state index contributed by atoms with van der Waals surface area (Å²) in [5.74, 6) is 2.10. The van der Waals surface area contributed by atoms with Crippen molar-refractivity contribution in [3.8, 4) is 0 Å². The van der Waals surface area contributed by atoms with Crippen molar-refractivity contribution in [1.29, 1.82) is 0 Å². The van der Waals surface area contributed by atoms with Gasteiger partial charge in [0.15, 0.2) is 0 Å². The number of hydrogen-bond acceptors (Lipinski definition) is 2. The van der Waals surface area contributed by atoms with Gasteiger partial charge in [-0.15, -0.1) is 6.58 Å². The molecule has 2 aliphatic carbocycles. The highest BCUT2D eigenvalue weighted by atomic mass is 16.5. The minimum Gasteiger partial charge on any atom is -0.492 e. The highest BCUT2D eigenvalue weighted by Gasteiger charge is 2.31. The molecule has 1 fully saturated rings. The Kier molecular flexibility index (Phi) is 8.44. The number of allylic oxidation sites excluding steroid dienone is 2. The Balaban J connectivity index is 0.000000187. The Morgan fingerprint density at radius 3 is 2.31 bits per heavy atom. The molecule has 0 bridgehead atoms. The van der Waals surface area contributed by atoms with E-state index in [9.17, 15) is 4.79 Å². The maximum Gasteiger partial charge on any atom is 0.136 e. The zero-order valence-electron chi connectivity index (χ0n) is 17.5. The second-order valence-corrected chi connectivity index (χ2v) is 9.26. The van der Waals surface area contributed by atoms with Crippen LogP contribution in [0.1, 0.15) is 111 Å². The van der Waals surface area contributed by atoms with Gasteiger partial charge in [0.25, 0.3) is 0 Å². The lowest BCUT2D eigenvalue weighted by atomic mass is 9.86. The van der Waals surface area contributed by atoms with E-state index in [2.05, 4.69) is 20.4 Å². The smallest absolute Gasteiger partial charge is 0.136 e. The van der Waals surface area contributed by atoms with E-state index in [1.54, 1.807) is 5.57 Å². The lowest BCUT2D eigenvalue weighted by Gasteiger charge is -2.19. The van der Waals surface area contributed by atoms with Gasteiger partial charge >= 0.3 is 0 Å². The molecule has 3 rings (SSSR count). The van der Waals surface area contributed by atoms with E-state index >= 15 is 0 Å². The molecular formula is C24H40O2. The molecule has 3 aliphatic rings. The minimum absolute atomic E-state index is 0.0923. The predicted octanol–water partition coefficient (Wildman–Crippen LogP) is 7.29. The fourth-order valence-corrected chi connectivity index (χ4v) is 4.53. The molecule has 1 unspecified atom stereocenters. The highest BCUT2D eigenvalue weighted by Crippen LogP contribution is 2.39. The number of carbonyl (C=O) groups is 1. The van der Waals surface area contributed by atoms with E-state index in [1.807, 2.05) is 6.92 Å². The summed E-state index contributed by atoms with van der Waals surface area (Å²) in [6, 6.07) is 0. The van der Waals surface area contributed by atoms with Gasteiger partial charge in [-0.25, -0.2) is 0 Å². The van der Waals surface area contributed by atoms with Gasteiger partial charge in [-0.2, -0.15) is 0 Å².